The van der Waals surface area contributed by atoms with Gasteiger partial charge >= 0.3 is 5.97 Å². The number of hydrogen-bond donors (Lipinski definition) is 0. The number of rotatable bonds is 3. The maximum Gasteiger partial charge on any atom is 0.337 e. The van der Waals surface area contributed by atoms with Crippen molar-refractivity contribution in [3.8, 4) is 0 Å². The van der Waals surface area contributed by atoms with Crippen LogP contribution in [0.2, 0.25) is 0 Å². The highest BCUT2D eigenvalue weighted by Gasteiger charge is 2.04. The standard InChI is InChI=1S/C23H17NO2/c1-26-23(25)18-9-6-16(7-10-18)8-12-19-13-14-21-20-5-3-2-4-17(20)11-15-22(21)24-19/h2-15H,1H3. The second-order valence-electron chi connectivity index (χ2n) is 6.04. The topological polar surface area (TPSA) is 39.2 Å². The van der Waals surface area contributed by atoms with E-state index in [0.29, 0.717) is 5.56 Å². The fourth-order valence-corrected chi connectivity index (χ4v) is 3.02. The number of aromatic nitrogens is 1. The molecule has 0 unspecified atom stereocenters. The van der Waals surface area contributed by atoms with Gasteiger partial charge in [-0.15, -0.1) is 0 Å². The number of methoxy groups -OCH3 is 1. The van der Waals surface area contributed by atoms with Gasteiger partial charge in [0.15, 0.2) is 0 Å². The average molecular weight is 339 g/mol. The van der Waals surface area contributed by atoms with E-state index >= 15 is 0 Å². The van der Waals surface area contributed by atoms with Gasteiger partial charge < -0.3 is 4.74 Å². The maximum atomic E-state index is 11.5. The number of benzene rings is 3. The number of esters is 1. The molecule has 4 rings (SSSR count). The van der Waals surface area contributed by atoms with Gasteiger partial charge in [0.1, 0.15) is 0 Å². The molecule has 0 saturated carbocycles. The molecular weight excluding hydrogens is 322 g/mol. The van der Waals surface area contributed by atoms with E-state index in [4.69, 9.17) is 9.72 Å². The molecule has 0 aliphatic rings. The first-order valence-corrected chi connectivity index (χ1v) is 8.39. The quantitative estimate of drug-likeness (QED) is 0.373. The first-order valence-electron chi connectivity index (χ1n) is 8.39. The lowest BCUT2D eigenvalue weighted by Gasteiger charge is -2.04. The van der Waals surface area contributed by atoms with Gasteiger partial charge in [-0.05, 0) is 46.7 Å². The van der Waals surface area contributed by atoms with Gasteiger partial charge in [0.2, 0.25) is 0 Å². The maximum absolute atomic E-state index is 11.5. The molecule has 0 bridgehead atoms. The third-order valence-electron chi connectivity index (χ3n) is 4.40. The Morgan fingerprint density at radius 1 is 0.846 bits per heavy atom. The molecule has 0 saturated heterocycles. The molecule has 3 aromatic carbocycles. The number of carbonyl (C=O) groups excluding carboxylic acids is 1. The highest BCUT2D eigenvalue weighted by atomic mass is 16.5. The van der Waals surface area contributed by atoms with E-state index in [-0.39, 0.29) is 5.97 Å². The lowest BCUT2D eigenvalue weighted by Crippen LogP contribution is -2.00. The van der Waals surface area contributed by atoms with Crippen LogP contribution in [-0.4, -0.2) is 18.1 Å². The minimum absolute atomic E-state index is 0.330. The Kier molecular flexibility index (Phi) is 4.20. The van der Waals surface area contributed by atoms with Gasteiger partial charge in [0.05, 0.1) is 23.9 Å². The van der Waals surface area contributed by atoms with Gasteiger partial charge in [-0.1, -0.05) is 54.6 Å². The first kappa shape index (κ1) is 16.0. The van der Waals surface area contributed by atoms with Crippen molar-refractivity contribution in [1.82, 2.24) is 4.98 Å². The normalized spacial score (nSPS) is 11.3. The van der Waals surface area contributed by atoms with Gasteiger partial charge in [-0.25, -0.2) is 9.78 Å². The van der Waals surface area contributed by atoms with Crippen LogP contribution in [0.3, 0.4) is 0 Å². The summed E-state index contributed by atoms with van der Waals surface area (Å²) in [6.45, 7) is 0. The van der Waals surface area contributed by atoms with Crippen molar-refractivity contribution in [3.63, 3.8) is 0 Å². The molecule has 3 heteroatoms. The molecule has 0 amide bonds. The van der Waals surface area contributed by atoms with Crippen molar-refractivity contribution >= 4 is 39.8 Å². The largest absolute Gasteiger partial charge is 0.465 e. The van der Waals surface area contributed by atoms with E-state index < -0.39 is 0 Å². The number of pyridine rings is 1. The molecule has 126 valence electrons. The summed E-state index contributed by atoms with van der Waals surface area (Å²) >= 11 is 0. The summed E-state index contributed by atoms with van der Waals surface area (Å²) in [7, 11) is 1.38. The van der Waals surface area contributed by atoms with E-state index in [1.165, 1.54) is 17.9 Å². The Balaban J connectivity index is 1.63. The summed E-state index contributed by atoms with van der Waals surface area (Å²) in [5, 5.41) is 3.59. The number of ether oxygens (including phenoxy) is 1. The lowest BCUT2D eigenvalue weighted by atomic mass is 10.0. The van der Waals surface area contributed by atoms with Crippen LogP contribution >= 0.6 is 0 Å². The fraction of sp³-hybridized carbons (Fsp3) is 0.0435. The van der Waals surface area contributed by atoms with Gasteiger partial charge in [0, 0.05) is 5.39 Å². The molecule has 0 N–H and O–H groups in total. The molecule has 1 aromatic heterocycles. The van der Waals surface area contributed by atoms with Crippen LogP contribution in [0.15, 0.2) is 72.8 Å². The molecule has 1 heterocycles. The summed E-state index contributed by atoms with van der Waals surface area (Å²) in [5.74, 6) is -0.330. The van der Waals surface area contributed by atoms with Crippen LogP contribution in [0, 0.1) is 0 Å². The molecule has 0 aliphatic carbocycles. The second-order valence-corrected chi connectivity index (χ2v) is 6.04. The predicted octanol–water partition coefficient (Wildman–Crippen LogP) is 5.35. The van der Waals surface area contributed by atoms with Crippen LogP contribution in [0.5, 0.6) is 0 Å². The monoisotopic (exact) mass is 339 g/mol. The van der Waals surface area contributed by atoms with Crippen LogP contribution in [0.25, 0.3) is 33.8 Å². The van der Waals surface area contributed by atoms with Gasteiger partial charge in [-0.3, -0.25) is 0 Å². The van der Waals surface area contributed by atoms with Crippen molar-refractivity contribution in [2.75, 3.05) is 7.11 Å². The summed E-state index contributed by atoms with van der Waals surface area (Å²) in [4.78, 5) is 16.2. The SMILES string of the molecule is COC(=O)c1ccc(C=Cc2ccc3c(ccc4ccccc43)n2)cc1. The van der Waals surface area contributed by atoms with E-state index in [9.17, 15) is 4.79 Å². The highest BCUT2D eigenvalue weighted by molar-refractivity contribution is 6.06. The molecule has 3 nitrogen and oxygen atoms in total. The number of carbonyl (C=O) groups is 1. The average Bonchev–Trinajstić information content (AvgIpc) is 2.71. The third kappa shape index (κ3) is 3.07. The predicted molar refractivity (Wildman–Crippen MR) is 106 cm³/mol. The summed E-state index contributed by atoms with van der Waals surface area (Å²) in [5.41, 5.74) is 3.41. The fourth-order valence-electron chi connectivity index (χ4n) is 3.02. The molecule has 0 spiro atoms. The van der Waals surface area contributed by atoms with Crippen molar-refractivity contribution in [2.45, 2.75) is 0 Å². The Labute approximate surface area is 151 Å². The van der Waals surface area contributed by atoms with Gasteiger partial charge in [-0.2, -0.15) is 0 Å². The molecule has 0 atom stereocenters. The number of hydrogen-bond acceptors (Lipinski definition) is 3. The zero-order valence-corrected chi connectivity index (χ0v) is 14.3. The number of nitrogens with zero attached hydrogens (tertiary/aromatic N) is 1. The Morgan fingerprint density at radius 2 is 1.65 bits per heavy atom. The Bertz CT molecular complexity index is 1130. The van der Waals surface area contributed by atoms with Crippen molar-refractivity contribution in [2.24, 2.45) is 0 Å². The van der Waals surface area contributed by atoms with Crippen LogP contribution in [0.1, 0.15) is 21.6 Å². The lowest BCUT2D eigenvalue weighted by molar-refractivity contribution is 0.0600. The molecule has 0 aliphatic heterocycles. The van der Waals surface area contributed by atoms with Crippen molar-refractivity contribution < 1.29 is 9.53 Å². The van der Waals surface area contributed by atoms with Crippen molar-refractivity contribution in [1.29, 1.82) is 0 Å². The van der Waals surface area contributed by atoms with Crippen molar-refractivity contribution in [3.05, 3.63) is 89.6 Å². The summed E-state index contributed by atoms with van der Waals surface area (Å²) in [6.07, 6.45) is 3.96. The minimum atomic E-state index is -0.330. The third-order valence-corrected chi connectivity index (χ3v) is 4.40. The molecule has 26 heavy (non-hydrogen) atoms. The number of fused-ring (bicyclic) bond motifs is 3. The Morgan fingerprint density at radius 3 is 2.46 bits per heavy atom. The molecule has 0 fully saturated rings. The minimum Gasteiger partial charge on any atom is -0.465 e. The second kappa shape index (κ2) is 6.81. The zero-order valence-electron chi connectivity index (χ0n) is 14.3. The van der Waals surface area contributed by atoms with Crippen LogP contribution < -0.4 is 0 Å². The van der Waals surface area contributed by atoms with E-state index in [1.807, 2.05) is 42.5 Å². The molecule has 0 radical (unpaired) electrons. The molecule has 4 aromatic rings. The zero-order chi connectivity index (χ0) is 17.9. The molecular formula is C23H17NO2. The summed E-state index contributed by atoms with van der Waals surface area (Å²) in [6, 6.07) is 23.9. The highest BCUT2D eigenvalue weighted by Crippen LogP contribution is 2.24. The first-order chi connectivity index (χ1) is 12.7. The Hall–Kier alpha value is -3.46. The smallest absolute Gasteiger partial charge is 0.337 e. The van der Waals surface area contributed by atoms with Crippen LogP contribution in [0.4, 0.5) is 0 Å². The van der Waals surface area contributed by atoms with E-state index in [1.54, 1.807) is 12.1 Å². The van der Waals surface area contributed by atoms with E-state index in [2.05, 4.69) is 30.3 Å². The summed E-state index contributed by atoms with van der Waals surface area (Å²) < 4.78 is 4.71. The van der Waals surface area contributed by atoms with Crippen LogP contribution in [-0.2, 0) is 4.74 Å². The van der Waals surface area contributed by atoms with E-state index in [0.717, 1.165) is 22.2 Å². The van der Waals surface area contributed by atoms with Gasteiger partial charge in [0.25, 0.3) is 0 Å².